The standard InChI is InChI=1S/C9H7NO.2ClH/c11-8-5-7-3-1-2-4-9(7)10-6-8;;/h1-6,11H;2*1H. The molecule has 0 amide bonds. The van der Waals surface area contributed by atoms with Crippen molar-refractivity contribution in [3.05, 3.63) is 36.5 Å². The number of hydrogen-bond acceptors (Lipinski definition) is 2. The molecule has 0 fully saturated rings. The Kier molecular flexibility index (Phi) is 4.52. The van der Waals surface area contributed by atoms with Crippen molar-refractivity contribution in [1.82, 2.24) is 4.98 Å². The fourth-order valence-corrected chi connectivity index (χ4v) is 1.06. The van der Waals surface area contributed by atoms with Gasteiger partial charge in [0.15, 0.2) is 0 Å². The SMILES string of the molecule is Cl.Cl.Oc1cnc2ccccc2c1. The molecule has 1 N–H and O–H groups in total. The number of fused-ring (bicyclic) bond motifs is 1. The molecule has 70 valence electrons. The minimum atomic E-state index is 0. The Morgan fingerprint density at radius 2 is 1.77 bits per heavy atom. The van der Waals surface area contributed by atoms with Crippen LogP contribution in [-0.2, 0) is 0 Å². The Morgan fingerprint density at radius 1 is 1.08 bits per heavy atom. The zero-order chi connectivity index (χ0) is 7.68. The van der Waals surface area contributed by atoms with Gasteiger partial charge in [-0.2, -0.15) is 0 Å². The molecule has 0 saturated carbocycles. The maximum Gasteiger partial charge on any atom is 0.134 e. The number of hydrogen-bond donors (Lipinski definition) is 1. The van der Waals surface area contributed by atoms with Gasteiger partial charge < -0.3 is 5.11 Å². The van der Waals surface area contributed by atoms with Crippen LogP contribution in [0.5, 0.6) is 5.75 Å². The van der Waals surface area contributed by atoms with E-state index in [0.717, 1.165) is 10.9 Å². The summed E-state index contributed by atoms with van der Waals surface area (Å²) >= 11 is 0. The van der Waals surface area contributed by atoms with E-state index in [1.165, 1.54) is 6.20 Å². The molecule has 1 aromatic carbocycles. The first-order valence-electron chi connectivity index (χ1n) is 3.40. The number of rotatable bonds is 0. The zero-order valence-electron chi connectivity index (χ0n) is 6.68. The van der Waals surface area contributed by atoms with E-state index in [1.807, 2.05) is 24.3 Å². The van der Waals surface area contributed by atoms with E-state index in [2.05, 4.69) is 4.98 Å². The van der Waals surface area contributed by atoms with Crippen molar-refractivity contribution in [2.45, 2.75) is 0 Å². The number of aromatic nitrogens is 1. The number of aromatic hydroxyl groups is 1. The van der Waals surface area contributed by atoms with Gasteiger partial charge >= 0.3 is 0 Å². The van der Waals surface area contributed by atoms with Gasteiger partial charge in [-0.15, -0.1) is 24.8 Å². The molecule has 1 aromatic heterocycles. The summed E-state index contributed by atoms with van der Waals surface area (Å²) in [5, 5.41) is 10.0. The van der Waals surface area contributed by atoms with Gasteiger partial charge in [-0.1, -0.05) is 18.2 Å². The molecular weight excluding hydrogens is 209 g/mol. The van der Waals surface area contributed by atoms with Crippen molar-refractivity contribution in [1.29, 1.82) is 0 Å². The van der Waals surface area contributed by atoms with Crippen LogP contribution in [0.4, 0.5) is 0 Å². The van der Waals surface area contributed by atoms with Crippen LogP contribution in [0.2, 0.25) is 0 Å². The van der Waals surface area contributed by atoms with Crippen molar-refractivity contribution in [2.24, 2.45) is 0 Å². The average molecular weight is 218 g/mol. The van der Waals surface area contributed by atoms with Crippen molar-refractivity contribution in [3.63, 3.8) is 0 Å². The van der Waals surface area contributed by atoms with Gasteiger partial charge in [-0.25, -0.2) is 0 Å². The highest BCUT2D eigenvalue weighted by molar-refractivity contribution is 5.85. The summed E-state index contributed by atoms with van der Waals surface area (Å²) in [6, 6.07) is 9.37. The predicted octanol–water partition coefficient (Wildman–Crippen LogP) is 2.78. The lowest BCUT2D eigenvalue weighted by atomic mass is 10.2. The van der Waals surface area contributed by atoms with Crippen LogP contribution in [0.1, 0.15) is 0 Å². The largest absolute Gasteiger partial charge is 0.506 e. The molecule has 0 atom stereocenters. The third-order valence-electron chi connectivity index (χ3n) is 1.58. The summed E-state index contributed by atoms with van der Waals surface area (Å²) in [6.07, 6.45) is 1.45. The molecule has 2 nitrogen and oxygen atoms in total. The molecule has 2 rings (SSSR count). The highest BCUT2D eigenvalue weighted by Crippen LogP contribution is 2.15. The van der Waals surface area contributed by atoms with E-state index in [-0.39, 0.29) is 30.6 Å². The summed E-state index contributed by atoms with van der Waals surface area (Å²) < 4.78 is 0. The summed E-state index contributed by atoms with van der Waals surface area (Å²) in [5.41, 5.74) is 0.908. The summed E-state index contributed by atoms with van der Waals surface area (Å²) in [6.45, 7) is 0. The molecule has 0 aliphatic carbocycles. The van der Waals surface area contributed by atoms with Crippen LogP contribution in [0.3, 0.4) is 0 Å². The normalized spacial score (nSPS) is 8.62. The monoisotopic (exact) mass is 217 g/mol. The Morgan fingerprint density at radius 3 is 2.54 bits per heavy atom. The van der Waals surface area contributed by atoms with Gasteiger partial charge in [0.25, 0.3) is 0 Å². The van der Waals surface area contributed by atoms with Gasteiger partial charge in [0.05, 0.1) is 11.7 Å². The van der Waals surface area contributed by atoms with Gasteiger partial charge in [0, 0.05) is 5.39 Å². The van der Waals surface area contributed by atoms with E-state index in [9.17, 15) is 0 Å². The molecule has 13 heavy (non-hydrogen) atoms. The third-order valence-corrected chi connectivity index (χ3v) is 1.58. The fourth-order valence-electron chi connectivity index (χ4n) is 1.06. The van der Waals surface area contributed by atoms with Crippen LogP contribution in [0.15, 0.2) is 36.5 Å². The number of nitrogens with zero attached hydrogens (tertiary/aromatic N) is 1. The maximum absolute atomic E-state index is 9.07. The third kappa shape index (κ3) is 2.47. The van der Waals surface area contributed by atoms with Crippen LogP contribution in [0, 0.1) is 0 Å². The maximum atomic E-state index is 9.07. The van der Waals surface area contributed by atoms with Gasteiger partial charge in [-0.3, -0.25) is 4.98 Å². The molecule has 0 aliphatic rings. The lowest BCUT2D eigenvalue weighted by molar-refractivity contribution is 0.474. The van der Waals surface area contributed by atoms with E-state index >= 15 is 0 Å². The van der Waals surface area contributed by atoms with Gasteiger partial charge in [-0.05, 0) is 12.1 Å². The van der Waals surface area contributed by atoms with Gasteiger partial charge in [0.2, 0.25) is 0 Å². The molecule has 0 unspecified atom stereocenters. The second-order valence-corrected chi connectivity index (χ2v) is 2.39. The summed E-state index contributed by atoms with van der Waals surface area (Å²) in [5.74, 6) is 0.212. The molecule has 0 saturated heterocycles. The van der Waals surface area contributed by atoms with Crippen LogP contribution < -0.4 is 0 Å². The summed E-state index contributed by atoms with van der Waals surface area (Å²) in [4.78, 5) is 4.03. The lowest BCUT2D eigenvalue weighted by Gasteiger charge is -1.95. The van der Waals surface area contributed by atoms with Crippen LogP contribution in [0.25, 0.3) is 10.9 Å². The topological polar surface area (TPSA) is 33.1 Å². The lowest BCUT2D eigenvalue weighted by Crippen LogP contribution is -1.75. The van der Waals surface area contributed by atoms with Crippen molar-refractivity contribution >= 4 is 35.7 Å². The molecule has 2 aromatic rings. The summed E-state index contributed by atoms with van der Waals surface area (Å²) in [7, 11) is 0. The highest BCUT2D eigenvalue weighted by Gasteiger charge is 1.92. The minimum Gasteiger partial charge on any atom is -0.506 e. The molecule has 1 heterocycles. The van der Waals surface area contributed by atoms with E-state index < -0.39 is 0 Å². The molecule has 0 spiro atoms. The van der Waals surface area contributed by atoms with Crippen molar-refractivity contribution in [2.75, 3.05) is 0 Å². The van der Waals surface area contributed by atoms with Crippen molar-refractivity contribution < 1.29 is 5.11 Å². The van der Waals surface area contributed by atoms with E-state index in [0.29, 0.717) is 0 Å². The quantitative estimate of drug-likeness (QED) is 0.737. The highest BCUT2D eigenvalue weighted by atomic mass is 35.5. The molecule has 0 bridgehead atoms. The number of benzene rings is 1. The molecule has 0 radical (unpaired) electrons. The Bertz CT molecular complexity index is 392. The average Bonchev–Trinajstić information content (AvgIpc) is 2.04. The second-order valence-electron chi connectivity index (χ2n) is 2.39. The first-order valence-corrected chi connectivity index (χ1v) is 3.40. The second kappa shape index (κ2) is 4.90. The molecule has 0 aliphatic heterocycles. The predicted molar refractivity (Wildman–Crippen MR) is 57.9 cm³/mol. The Balaban J connectivity index is 0.000000720. The number of para-hydroxylation sites is 1. The minimum absolute atomic E-state index is 0. The first-order chi connectivity index (χ1) is 5.36. The van der Waals surface area contributed by atoms with Crippen molar-refractivity contribution in [3.8, 4) is 5.75 Å². The Hall–Kier alpha value is -0.990. The number of halogens is 2. The zero-order valence-corrected chi connectivity index (χ0v) is 8.31. The van der Waals surface area contributed by atoms with E-state index in [1.54, 1.807) is 6.07 Å². The van der Waals surface area contributed by atoms with Crippen LogP contribution >= 0.6 is 24.8 Å². The number of pyridine rings is 1. The fraction of sp³-hybridized carbons (Fsp3) is 0. The van der Waals surface area contributed by atoms with Gasteiger partial charge in [0.1, 0.15) is 5.75 Å². The molecular formula is C9H9Cl2NO. The molecule has 4 heteroatoms. The Labute approximate surface area is 88.4 Å². The smallest absolute Gasteiger partial charge is 0.134 e. The van der Waals surface area contributed by atoms with Crippen LogP contribution in [-0.4, -0.2) is 10.1 Å². The van der Waals surface area contributed by atoms with E-state index in [4.69, 9.17) is 5.11 Å². The first kappa shape index (κ1) is 12.0.